The number of hydrogen-bond donors (Lipinski definition) is 0. The van der Waals surface area contributed by atoms with Crippen LogP contribution in [0.5, 0.6) is 5.75 Å². The summed E-state index contributed by atoms with van der Waals surface area (Å²) in [7, 11) is 0. The predicted molar refractivity (Wildman–Crippen MR) is 139 cm³/mol. The van der Waals surface area contributed by atoms with E-state index < -0.39 is 5.82 Å². The lowest BCUT2D eigenvalue weighted by Crippen LogP contribution is -2.51. The van der Waals surface area contributed by atoms with Crippen molar-refractivity contribution < 1.29 is 23.1 Å². The van der Waals surface area contributed by atoms with Crippen LogP contribution in [0.4, 0.5) is 4.39 Å². The van der Waals surface area contributed by atoms with Crippen molar-refractivity contribution in [1.82, 2.24) is 9.80 Å². The summed E-state index contributed by atoms with van der Waals surface area (Å²) in [6.07, 6.45) is 4.91. The van der Waals surface area contributed by atoms with Gasteiger partial charge in [0.15, 0.2) is 5.76 Å². The highest BCUT2D eigenvalue weighted by Crippen LogP contribution is 2.32. The van der Waals surface area contributed by atoms with Gasteiger partial charge in [-0.05, 0) is 75.4 Å². The Kier molecular flexibility index (Phi) is 7.58. The highest BCUT2D eigenvalue weighted by Gasteiger charge is 2.37. The summed E-state index contributed by atoms with van der Waals surface area (Å²) in [6, 6.07) is 16.9. The van der Waals surface area contributed by atoms with Gasteiger partial charge < -0.3 is 19.0 Å². The van der Waals surface area contributed by atoms with E-state index in [0.717, 1.165) is 38.5 Å². The van der Waals surface area contributed by atoms with Crippen LogP contribution in [-0.4, -0.2) is 53.4 Å². The zero-order valence-corrected chi connectivity index (χ0v) is 21.2. The highest BCUT2D eigenvalue weighted by atomic mass is 19.1. The van der Waals surface area contributed by atoms with E-state index in [-0.39, 0.29) is 29.7 Å². The average molecular weight is 505 g/mol. The van der Waals surface area contributed by atoms with Crippen LogP contribution in [0.25, 0.3) is 11.3 Å². The summed E-state index contributed by atoms with van der Waals surface area (Å²) in [5.41, 5.74) is 0.891. The minimum atomic E-state index is -0.392. The number of carbonyl (C=O) groups excluding carboxylic acids is 2. The fourth-order valence-corrected chi connectivity index (χ4v) is 5.46. The number of benzene rings is 2. The number of para-hydroxylation sites is 1. The second-order valence-corrected chi connectivity index (χ2v) is 9.74. The molecule has 0 N–H and O–H groups in total. The Morgan fingerprint density at radius 1 is 0.919 bits per heavy atom. The smallest absolute Gasteiger partial charge is 0.289 e. The molecule has 6 nitrogen and oxygen atoms in total. The third kappa shape index (κ3) is 5.26. The molecule has 0 spiro atoms. The third-order valence-corrected chi connectivity index (χ3v) is 7.43. The molecule has 194 valence electrons. The van der Waals surface area contributed by atoms with E-state index in [4.69, 9.17) is 9.15 Å². The Hall–Kier alpha value is -3.61. The fourth-order valence-electron chi connectivity index (χ4n) is 5.46. The van der Waals surface area contributed by atoms with Gasteiger partial charge in [-0.15, -0.1) is 0 Å². The number of ether oxygens (including phenoxy) is 1. The van der Waals surface area contributed by atoms with Gasteiger partial charge in [0, 0.05) is 19.6 Å². The number of rotatable bonds is 3. The zero-order chi connectivity index (χ0) is 25.8. The second-order valence-electron chi connectivity index (χ2n) is 9.74. The summed E-state index contributed by atoms with van der Waals surface area (Å²) in [6.45, 7) is 3.72. The van der Waals surface area contributed by atoms with Crippen molar-refractivity contribution >= 4 is 11.8 Å². The molecule has 37 heavy (non-hydrogen) atoms. The largest absolute Gasteiger partial charge is 0.487 e. The summed E-state index contributed by atoms with van der Waals surface area (Å²) < 4.78 is 26.7. The minimum absolute atomic E-state index is 0.0183. The van der Waals surface area contributed by atoms with E-state index in [2.05, 4.69) is 0 Å². The van der Waals surface area contributed by atoms with Crippen LogP contribution in [-0.2, 0) is 0 Å². The van der Waals surface area contributed by atoms with Crippen molar-refractivity contribution in [3.05, 3.63) is 77.8 Å². The monoisotopic (exact) mass is 504 g/mol. The van der Waals surface area contributed by atoms with E-state index in [1.165, 1.54) is 6.07 Å². The average Bonchev–Trinajstić information content (AvgIpc) is 3.41. The van der Waals surface area contributed by atoms with Crippen LogP contribution >= 0.6 is 0 Å². The lowest BCUT2D eigenvalue weighted by Gasteiger charge is -2.40. The Morgan fingerprint density at radius 2 is 1.65 bits per heavy atom. The Balaban J connectivity index is 1.47. The van der Waals surface area contributed by atoms with Crippen molar-refractivity contribution in [2.24, 2.45) is 0 Å². The summed E-state index contributed by atoms with van der Waals surface area (Å²) >= 11 is 0. The molecule has 2 aliphatic rings. The summed E-state index contributed by atoms with van der Waals surface area (Å²) in [4.78, 5) is 30.8. The molecule has 2 amide bonds. The molecule has 1 saturated carbocycles. The van der Waals surface area contributed by atoms with Gasteiger partial charge in [-0.1, -0.05) is 30.7 Å². The quantitative estimate of drug-likeness (QED) is 0.428. The first-order chi connectivity index (χ1) is 18.1. The molecule has 0 bridgehead atoms. The Morgan fingerprint density at radius 3 is 2.46 bits per heavy atom. The maximum Gasteiger partial charge on any atom is 0.289 e. The van der Waals surface area contributed by atoms with E-state index in [1.54, 1.807) is 30.3 Å². The first-order valence-electron chi connectivity index (χ1n) is 13.3. The Bertz CT molecular complexity index is 1260. The van der Waals surface area contributed by atoms with Gasteiger partial charge >= 0.3 is 0 Å². The summed E-state index contributed by atoms with van der Waals surface area (Å²) in [5.74, 6) is 0.470. The topological polar surface area (TPSA) is 63.0 Å². The standard InChI is InChI=1S/C30H33FN2O4/c1-2-32-19-9-10-20-33(30(35)28-18-17-26(37-28)21-11-3-5-13-23(21)31)24-14-6-8-16-27(24)36-25-15-7-4-12-22(25)29(32)34/h3-5,7,11-13,15,17-18,24,27H,2,6,8-10,14,16,19-20H2,1H3/t24-,27+/m1/s1. The van der Waals surface area contributed by atoms with Crippen LogP contribution in [0, 0.1) is 5.82 Å². The van der Waals surface area contributed by atoms with E-state index in [0.29, 0.717) is 42.3 Å². The van der Waals surface area contributed by atoms with Gasteiger partial charge in [-0.2, -0.15) is 0 Å². The minimum Gasteiger partial charge on any atom is -0.487 e. The first-order valence-corrected chi connectivity index (χ1v) is 13.3. The molecule has 1 aliphatic carbocycles. The molecule has 0 radical (unpaired) electrons. The number of furan rings is 1. The maximum absolute atomic E-state index is 14.3. The SMILES string of the molecule is CCN1CCCCN(C(=O)c2ccc(-c3ccccc3F)o2)[C@@H]2CCCC[C@@H]2Oc2ccccc2C1=O. The number of carbonyl (C=O) groups is 2. The molecule has 1 aliphatic heterocycles. The number of amides is 2. The molecule has 2 aromatic carbocycles. The van der Waals surface area contributed by atoms with Crippen LogP contribution in [0.3, 0.4) is 0 Å². The second kappa shape index (κ2) is 11.2. The first kappa shape index (κ1) is 25.1. The molecular formula is C30H33FN2O4. The van der Waals surface area contributed by atoms with Crippen LogP contribution in [0.2, 0.25) is 0 Å². The molecule has 3 aromatic rings. The van der Waals surface area contributed by atoms with Gasteiger partial charge in [0.05, 0.1) is 17.2 Å². The molecule has 1 aromatic heterocycles. The van der Waals surface area contributed by atoms with Gasteiger partial charge in [-0.25, -0.2) is 4.39 Å². The van der Waals surface area contributed by atoms with Gasteiger partial charge in [-0.3, -0.25) is 9.59 Å². The van der Waals surface area contributed by atoms with Gasteiger partial charge in [0.2, 0.25) is 0 Å². The molecule has 5 rings (SSSR count). The van der Waals surface area contributed by atoms with Crippen molar-refractivity contribution in [3.8, 4) is 17.1 Å². The maximum atomic E-state index is 14.3. The molecular weight excluding hydrogens is 471 g/mol. The van der Waals surface area contributed by atoms with Crippen molar-refractivity contribution in [2.75, 3.05) is 19.6 Å². The number of nitrogens with zero attached hydrogens (tertiary/aromatic N) is 2. The number of hydrogen-bond acceptors (Lipinski definition) is 4. The van der Waals surface area contributed by atoms with Crippen molar-refractivity contribution in [1.29, 1.82) is 0 Å². The number of halogens is 1. The lowest BCUT2D eigenvalue weighted by atomic mass is 9.90. The van der Waals surface area contributed by atoms with E-state index in [9.17, 15) is 14.0 Å². The predicted octanol–water partition coefficient (Wildman–Crippen LogP) is 6.17. The van der Waals surface area contributed by atoms with Crippen LogP contribution < -0.4 is 4.74 Å². The van der Waals surface area contributed by atoms with Crippen LogP contribution in [0.15, 0.2) is 65.1 Å². The Labute approximate surface area is 217 Å². The summed E-state index contributed by atoms with van der Waals surface area (Å²) in [5, 5.41) is 0. The van der Waals surface area contributed by atoms with E-state index in [1.807, 2.05) is 41.0 Å². The molecule has 1 fully saturated rings. The van der Waals surface area contributed by atoms with Crippen molar-refractivity contribution in [2.45, 2.75) is 57.6 Å². The molecule has 2 heterocycles. The van der Waals surface area contributed by atoms with Gasteiger partial charge in [0.25, 0.3) is 11.8 Å². The van der Waals surface area contributed by atoms with Gasteiger partial charge in [0.1, 0.15) is 23.4 Å². The van der Waals surface area contributed by atoms with Crippen LogP contribution in [0.1, 0.15) is 66.4 Å². The third-order valence-electron chi connectivity index (χ3n) is 7.43. The molecule has 0 saturated heterocycles. The van der Waals surface area contributed by atoms with E-state index >= 15 is 0 Å². The molecule has 7 heteroatoms. The van der Waals surface area contributed by atoms with Crippen molar-refractivity contribution in [3.63, 3.8) is 0 Å². The fraction of sp³-hybridized carbons (Fsp3) is 0.400. The molecule has 0 unspecified atom stereocenters. The normalized spacial score (nSPS) is 20.8. The molecule has 2 atom stereocenters. The number of fused-ring (bicyclic) bond motifs is 2. The lowest BCUT2D eigenvalue weighted by molar-refractivity contribution is 0.0239. The zero-order valence-electron chi connectivity index (χ0n) is 21.2. The highest BCUT2D eigenvalue weighted by molar-refractivity contribution is 5.97.